The van der Waals surface area contributed by atoms with Crippen LogP contribution in [0, 0.1) is 5.92 Å². The molecule has 1 fully saturated rings. The van der Waals surface area contributed by atoms with Gasteiger partial charge in [-0.3, -0.25) is 9.59 Å². The zero-order chi connectivity index (χ0) is 16.9. The molecular formula is C17H20N4O3. The van der Waals surface area contributed by atoms with Gasteiger partial charge in [0.25, 0.3) is 5.91 Å². The third-order valence-corrected chi connectivity index (χ3v) is 4.40. The molecular weight excluding hydrogens is 308 g/mol. The highest BCUT2D eigenvalue weighted by Gasteiger charge is 2.24. The first kappa shape index (κ1) is 16.2. The molecule has 1 amide bonds. The molecule has 1 saturated heterocycles. The van der Waals surface area contributed by atoms with Crippen molar-refractivity contribution in [1.82, 2.24) is 19.7 Å². The van der Waals surface area contributed by atoms with E-state index in [1.54, 1.807) is 41.5 Å². The summed E-state index contributed by atoms with van der Waals surface area (Å²) >= 11 is 0. The second-order valence-corrected chi connectivity index (χ2v) is 6.02. The highest BCUT2D eigenvalue weighted by atomic mass is 16.4. The number of pyridine rings is 1. The smallest absolute Gasteiger partial charge is 0.303 e. The number of carbonyl (C=O) groups excluding carboxylic acids is 1. The predicted molar refractivity (Wildman–Crippen MR) is 86.9 cm³/mol. The zero-order valence-corrected chi connectivity index (χ0v) is 13.3. The van der Waals surface area contributed by atoms with Crippen LogP contribution >= 0.6 is 0 Å². The van der Waals surface area contributed by atoms with Crippen LogP contribution in [-0.2, 0) is 4.79 Å². The second kappa shape index (κ2) is 7.25. The number of amides is 1. The Hall–Kier alpha value is -2.70. The molecule has 126 valence electrons. The van der Waals surface area contributed by atoms with Crippen LogP contribution in [0.25, 0.3) is 5.82 Å². The maximum absolute atomic E-state index is 12.7. The van der Waals surface area contributed by atoms with E-state index in [1.165, 1.54) is 0 Å². The fourth-order valence-corrected chi connectivity index (χ4v) is 3.02. The Balaban J connectivity index is 1.61. The summed E-state index contributed by atoms with van der Waals surface area (Å²) in [6.07, 6.45) is 7.67. The van der Waals surface area contributed by atoms with E-state index in [-0.39, 0.29) is 12.3 Å². The van der Waals surface area contributed by atoms with Gasteiger partial charge in [-0.1, -0.05) is 0 Å². The minimum Gasteiger partial charge on any atom is -0.481 e. The molecule has 0 unspecified atom stereocenters. The lowest BCUT2D eigenvalue weighted by Crippen LogP contribution is -2.38. The molecule has 1 aliphatic rings. The number of piperidine rings is 1. The fraction of sp³-hybridized carbons (Fsp3) is 0.412. The third kappa shape index (κ3) is 3.79. The van der Waals surface area contributed by atoms with Crippen molar-refractivity contribution < 1.29 is 14.7 Å². The molecule has 0 radical (unpaired) electrons. The molecule has 3 heterocycles. The van der Waals surface area contributed by atoms with Gasteiger partial charge in [-0.05, 0) is 43.4 Å². The van der Waals surface area contributed by atoms with Crippen LogP contribution in [0.4, 0.5) is 0 Å². The largest absolute Gasteiger partial charge is 0.481 e. The van der Waals surface area contributed by atoms with E-state index >= 15 is 0 Å². The lowest BCUT2D eigenvalue weighted by atomic mass is 9.92. The van der Waals surface area contributed by atoms with E-state index in [2.05, 4.69) is 10.1 Å². The summed E-state index contributed by atoms with van der Waals surface area (Å²) < 4.78 is 1.62. The maximum Gasteiger partial charge on any atom is 0.303 e. The number of likely N-dealkylation sites (tertiary alicyclic amines) is 1. The lowest BCUT2D eigenvalue weighted by molar-refractivity contribution is -0.137. The monoisotopic (exact) mass is 328 g/mol. The van der Waals surface area contributed by atoms with E-state index < -0.39 is 5.97 Å². The van der Waals surface area contributed by atoms with Gasteiger partial charge in [-0.15, -0.1) is 0 Å². The highest BCUT2D eigenvalue weighted by molar-refractivity contribution is 5.94. The minimum absolute atomic E-state index is 0.0116. The molecule has 0 spiro atoms. The number of carboxylic acid groups (broad SMARTS) is 1. The number of carbonyl (C=O) groups is 2. The van der Waals surface area contributed by atoms with Gasteiger partial charge in [-0.2, -0.15) is 5.10 Å². The van der Waals surface area contributed by atoms with Gasteiger partial charge in [0.2, 0.25) is 0 Å². The number of carboxylic acids is 1. The Morgan fingerprint density at radius 2 is 2.04 bits per heavy atom. The van der Waals surface area contributed by atoms with Crippen LogP contribution < -0.4 is 0 Å². The fourth-order valence-electron chi connectivity index (χ4n) is 3.02. The van der Waals surface area contributed by atoms with Crippen molar-refractivity contribution in [3.05, 3.63) is 42.4 Å². The second-order valence-electron chi connectivity index (χ2n) is 6.02. The number of nitrogens with zero attached hydrogens (tertiary/aromatic N) is 4. The molecule has 3 rings (SSSR count). The molecule has 24 heavy (non-hydrogen) atoms. The van der Waals surface area contributed by atoms with Gasteiger partial charge < -0.3 is 10.0 Å². The Morgan fingerprint density at radius 3 is 2.71 bits per heavy atom. The standard InChI is InChI=1S/C17H20N4O3/c22-16(23)3-2-13-5-10-20(11-6-13)17(24)14-4-8-18-15(12-14)21-9-1-7-19-21/h1,4,7-9,12-13H,2-3,5-6,10-11H2,(H,22,23). The Labute approximate surface area is 139 Å². The van der Waals surface area contributed by atoms with Crippen LogP contribution in [0.3, 0.4) is 0 Å². The van der Waals surface area contributed by atoms with Crippen LogP contribution in [-0.4, -0.2) is 49.7 Å². The molecule has 2 aromatic heterocycles. The van der Waals surface area contributed by atoms with Gasteiger partial charge in [0.15, 0.2) is 5.82 Å². The van der Waals surface area contributed by atoms with E-state index in [4.69, 9.17) is 5.11 Å². The SMILES string of the molecule is O=C(O)CCC1CCN(C(=O)c2ccnc(-n3cccn3)c2)CC1. The van der Waals surface area contributed by atoms with Crippen molar-refractivity contribution in [3.63, 3.8) is 0 Å². The van der Waals surface area contributed by atoms with Crippen molar-refractivity contribution in [2.75, 3.05) is 13.1 Å². The zero-order valence-electron chi connectivity index (χ0n) is 13.3. The van der Waals surface area contributed by atoms with E-state index in [0.717, 1.165) is 12.8 Å². The molecule has 0 aromatic carbocycles. The summed E-state index contributed by atoms with van der Waals surface area (Å²) in [5, 5.41) is 12.9. The third-order valence-electron chi connectivity index (χ3n) is 4.40. The first-order chi connectivity index (χ1) is 11.6. The molecule has 0 saturated carbocycles. The Bertz CT molecular complexity index is 706. The minimum atomic E-state index is -0.753. The van der Waals surface area contributed by atoms with E-state index in [1.807, 2.05) is 4.90 Å². The molecule has 1 N–H and O–H groups in total. The van der Waals surface area contributed by atoms with Gasteiger partial charge in [0.05, 0.1) is 0 Å². The molecule has 0 aliphatic carbocycles. The molecule has 7 heteroatoms. The first-order valence-electron chi connectivity index (χ1n) is 8.10. The van der Waals surface area contributed by atoms with Gasteiger partial charge in [0, 0.05) is 43.7 Å². The summed E-state index contributed by atoms with van der Waals surface area (Å²) in [5.41, 5.74) is 0.597. The normalized spacial score (nSPS) is 15.4. The summed E-state index contributed by atoms with van der Waals surface area (Å²) in [6, 6.07) is 5.26. The number of hydrogen-bond acceptors (Lipinski definition) is 4. The van der Waals surface area contributed by atoms with Crippen molar-refractivity contribution in [2.45, 2.75) is 25.7 Å². The molecule has 2 aromatic rings. The van der Waals surface area contributed by atoms with Crippen molar-refractivity contribution >= 4 is 11.9 Å². The van der Waals surface area contributed by atoms with E-state index in [0.29, 0.717) is 36.8 Å². The van der Waals surface area contributed by atoms with Crippen LogP contribution in [0.15, 0.2) is 36.8 Å². The van der Waals surface area contributed by atoms with Crippen LogP contribution in [0.2, 0.25) is 0 Å². The average Bonchev–Trinajstić information content (AvgIpc) is 3.14. The summed E-state index contributed by atoms with van der Waals surface area (Å²) in [5.74, 6) is 0.239. The number of rotatable bonds is 5. The number of hydrogen-bond donors (Lipinski definition) is 1. The molecule has 7 nitrogen and oxygen atoms in total. The predicted octanol–water partition coefficient (Wildman–Crippen LogP) is 1.98. The number of aromatic nitrogens is 3. The maximum atomic E-state index is 12.7. The topological polar surface area (TPSA) is 88.3 Å². The Morgan fingerprint density at radius 1 is 1.25 bits per heavy atom. The highest BCUT2D eigenvalue weighted by Crippen LogP contribution is 2.23. The molecule has 0 atom stereocenters. The van der Waals surface area contributed by atoms with Crippen LogP contribution in [0.5, 0.6) is 0 Å². The van der Waals surface area contributed by atoms with Crippen molar-refractivity contribution in [3.8, 4) is 5.82 Å². The molecule has 0 bridgehead atoms. The number of aliphatic carboxylic acids is 1. The first-order valence-corrected chi connectivity index (χ1v) is 8.10. The van der Waals surface area contributed by atoms with Gasteiger partial charge >= 0.3 is 5.97 Å². The van der Waals surface area contributed by atoms with Crippen molar-refractivity contribution in [1.29, 1.82) is 0 Å². The van der Waals surface area contributed by atoms with Crippen LogP contribution in [0.1, 0.15) is 36.0 Å². The summed E-state index contributed by atoms with van der Waals surface area (Å²) in [6.45, 7) is 1.34. The quantitative estimate of drug-likeness (QED) is 0.906. The van der Waals surface area contributed by atoms with Crippen molar-refractivity contribution in [2.24, 2.45) is 5.92 Å². The van der Waals surface area contributed by atoms with Gasteiger partial charge in [-0.25, -0.2) is 9.67 Å². The lowest BCUT2D eigenvalue weighted by Gasteiger charge is -2.32. The Kier molecular flexibility index (Phi) is 4.88. The van der Waals surface area contributed by atoms with Gasteiger partial charge in [0.1, 0.15) is 0 Å². The average molecular weight is 328 g/mol. The summed E-state index contributed by atoms with van der Waals surface area (Å²) in [4.78, 5) is 29.4. The summed E-state index contributed by atoms with van der Waals surface area (Å²) in [7, 11) is 0. The van der Waals surface area contributed by atoms with E-state index in [9.17, 15) is 9.59 Å². The molecule has 1 aliphatic heterocycles.